The number of amides is 1. The van der Waals surface area contributed by atoms with E-state index in [4.69, 9.17) is 33.7 Å². The van der Waals surface area contributed by atoms with Gasteiger partial charge in [0.05, 0.1) is 22.3 Å². The third-order valence-electron chi connectivity index (χ3n) is 6.93. The van der Waals surface area contributed by atoms with Crippen molar-refractivity contribution in [3.05, 3.63) is 63.9 Å². The third kappa shape index (κ3) is 4.16. The summed E-state index contributed by atoms with van der Waals surface area (Å²) in [4.78, 5) is 56.0. The standard InChI is InChI=1S/C24H24Cl2N6O5S/c1-29-21-17(22(34)31(3)23(29)35)32(24(36)30(21)2)16(19(27)33)20-28-15(10-38-20)12-7-13(25)18(14(26)8-12)37-9-11-5-4-6-11/h7-8,10-11,16H,4-6,9H2,1-3H3,(H2,27,33). The fraction of sp³-hybridized carbons (Fsp3) is 0.375. The van der Waals surface area contributed by atoms with Gasteiger partial charge in [0.2, 0.25) is 5.91 Å². The number of hydrogen-bond acceptors (Lipinski definition) is 7. The molecule has 14 heteroatoms. The van der Waals surface area contributed by atoms with E-state index in [-0.39, 0.29) is 16.2 Å². The summed E-state index contributed by atoms with van der Waals surface area (Å²) >= 11 is 14.0. The van der Waals surface area contributed by atoms with Crippen LogP contribution in [0.3, 0.4) is 0 Å². The molecule has 1 atom stereocenters. The van der Waals surface area contributed by atoms with Crippen molar-refractivity contribution in [1.29, 1.82) is 0 Å². The second-order valence-electron chi connectivity index (χ2n) is 9.34. The smallest absolute Gasteiger partial charge is 0.332 e. The maximum absolute atomic E-state index is 13.3. The van der Waals surface area contributed by atoms with E-state index in [0.717, 1.165) is 37.9 Å². The lowest BCUT2D eigenvalue weighted by Gasteiger charge is -2.25. The summed E-state index contributed by atoms with van der Waals surface area (Å²) in [5.74, 6) is 0.00998. The number of aryl methyl sites for hydroxylation is 2. The van der Waals surface area contributed by atoms with Crippen LogP contribution in [-0.4, -0.2) is 35.8 Å². The monoisotopic (exact) mass is 578 g/mol. The van der Waals surface area contributed by atoms with E-state index in [0.29, 0.717) is 39.6 Å². The number of imidazole rings is 1. The first kappa shape index (κ1) is 26.3. The molecule has 0 spiro atoms. The number of carbonyl (C=O) groups is 1. The van der Waals surface area contributed by atoms with Gasteiger partial charge in [0, 0.05) is 32.1 Å². The van der Waals surface area contributed by atoms with Crippen molar-refractivity contribution in [1.82, 2.24) is 23.3 Å². The number of nitrogens with zero attached hydrogens (tertiary/aromatic N) is 5. The number of rotatable bonds is 7. The molecule has 1 aliphatic rings. The lowest BCUT2D eigenvalue weighted by atomic mass is 9.86. The predicted octanol–water partition coefficient (Wildman–Crippen LogP) is 2.42. The van der Waals surface area contributed by atoms with E-state index >= 15 is 0 Å². The van der Waals surface area contributed by atoms with Crippen LogP contribution in [0.4, 0.5) is 0 Å². The summed E-state index contributed by atoms with van der Waals surface area (Å²) in [5.41, 5.74) is 4.63. The Morgan fingerprint density at radius 2 is 1.74 bits per heavy atom. The van der Waals surface area contributed by atoms with Crippen LogP contribution in [0.15, 0.2) is 31.9 Å². The molecule has 3 heterocycles. The molecule has 0 saturated heterocycles. The zero-order valence-electron chi connectivity index (χ0n) is 20.7. The number of primary amides is 1. The van der Waals surface area contributed by atoms with Gasteiger partial charge >= 0.3 is 11.4 Å². The fourth-order valence-electron chi connectivity index (χ4n) is 4.61. The highest BCUT2D eigenvalue weighted by Crippen LogP contribution is 2.39. The number of hydrogen-bond donors (Lipinski definition) is 1. The molecule has 5 rings (SSSR count). The molecular weight excluding hydrogens is 555 g/mol. The van der Waals surface area contributed by atoms with Crippen LogP contribution >= 0.6 is 34.5 Å². The minimum absolute atomic E-state index is 0.0576. The number of ether oxygens (including phenoxy) is 1. The molecule has 1 fully saturated rings. The number of carbonyl (C=O) groups excluding carboxylic acids is 1. The first-order chi connectivity index (χ1) is 18.0. The number of nitrogens with two attached hydrogens (primary N) is 1. The minimum atomic E-state index is -1.40. The average molecular weight is 579 g/mol. The van der Waals surface area contributed by atoms with Gasteiger partial charge in [-0.2, -0.15) is 0 Å². The topological polar surface area (TPSA) is 136 Å². The maximum Gasteiger partial charge on any atom is 0.332 e. The van der Waals surface area contributed by atoms with E-state index in [1.165, 1.54) is 32.1 Å². The first-order valence-corrected chi connectivity index (χ1v) is 13.4. The molecule has 200 valence electrons. The summed E-state index contributed by atoms with van der Waals surface area (Å²) in [5, 5.41) is 2.49. The van der Waals surface area contributed by atoms with Crippen molar-refractivity contribution in [2.75, 3.05) is 6.61 Å². The number of fused-ring (bicyclic) bond motifs is 1. The molecule has 4 aromatic rings. The molecule has 1 aromatic carbocycles. The minimum Gasteiger partial charge on any atom is -0.490 e. The molecule has 1 amide bonds. The molecule has 0 aliphatic heterocycles. The number of benzene rings is 1. The Morgan fingerprint density at radius 1 is 1.11 bits per heavy atom. The molecule has 0 bridgehead atoms. The lowest BCUT2D eigenvalue weighted by Crippen LogP contribution is -2.39. The second kappa shape index (κ2) is 9.75. The van der Waals surface area contributed by atoms with Gasteiger partial charge < -0.3 is 10.5 Å². The highest BCUT2D eigenvalue weighted by Gasteiger charge is 2.31. The van der Waals surface area contributed by atoms with Gasteiger partial charge in [-0.3, -0.25) is 27.9 Å². The molecule has 38 heavy (non-hydrogen) atoms. The molecule has 1 unspecified atom stereocenters. The third-order valence-corrected chi connectivity index (χ3v) is 8.39. The zero-order chi connectivity index (χ0) is 27.5. The van der Waals surface area contributed by atoms with Crippen LogP contribution < -0.4 is 27.4 Å². The summed E-state index contributed by atoms with van der Waals surface area (Å²) < 4.78 is 9.99. The summed E-state index contributed by atoms with van der Waals surface area (Å²) in [6, 6.07) is 1.93. The van der Waals surface area contributed by atoms with Crippen molar-refractivity contribution in [3.63, 3.8) is 0 Å². The molecule has 3 aromatic heterocycles. The van der Waals surface area contributed by atoms with Crippen molar-refractivity contribution >= 4 is 51.6 Å². The van der Waals surface area contributed by atoms with E-state index < -0.39 is 28.9 Å². The average Bonchev–Trinajstić information content (AvgIpc) is 3.41. The Kier molecular flexibility index (Phi) is 6.74. The van der Waals surface area contributed by atoms with Crippen LogP contribution in [-0.2, 0) is 25.9 Å². The number of thiazole rings is 1. The maximum atomic E-state index is 13.3. The van der Waals surface area contributed by atoms with Gasteiger partial charge in [-0.1, -0.05) is 29.6 Å². The second-order valence-corrected chi connectivity index (χ2v) is 11.0. The van der Waals surface area contributed by atoms with Gasteiger partial charge in [0.1, 0.15) is 5.01 Å². The number of halogens is 2. The van der Waals surface area contributed by atoms with Crippen LogP contribution in [0.2, 0.25) is 10.0 Å². The van der Waals surface area contributed by atoms with Crippen molar-refractivity contribution < 1.29 is 9.53 Å². The Morgan fingerprint density at radius 3 is 2.32 bits per heavy atom. The Bertz CT molecular complexity index is 1750. The number of aromatic nitrogens is 5. The highest BCUT2D eigenvalue weighted by molar-refractivity contribution is 7.10. The van der Waals surface area contributed by atoms with Crippen LogP contribution in [0.1, 0.15) is 30.3 Å². The van der Waals surface area contributed by atoms with E-state index in [9.17, 15) is 19.2 Å². The predicted molar refractivity (Wildman–Crippen MR) is 145 cm³/mol. The van der Waals surface area contributed by atoms with Crippen molar-refractivity contribution in [3.8, 4) is 17.0 Å². The van der Waals surface area contributed by atoms with Crippen LogP contribution in [0.5, 0.6) is 5.75 Å². The van der Waals surface area contributed by atoms with Gasteiger partial charge in [-0.15, -0.1) is 11.3 Å². The fourth-order valence-corrected chi connectivity index (χ4v) is 6.13. The molecule has 0 radical (unpaired) electrons. The van der Waals surface area contributed by atoms with E-state index in [1.807, 2.05) is 0 Å². The van der Waals surface area contributed by atoms with Crippen LogP contribution in [0, 0.1) is 5.92 Å². The van der Waals surface area contributed by atoms with Gasteiger partial charge in [-0.25, -0.2) is 14.6 Å². The SMILES string of the molecule is Cn1c(=O)c2c(n(C)c1=O)n(C)c(=O)n2C(C(N)=O)c1nc(-c2cc(Cl)c(OCC3CCC3)c(Cl)c2)cs1. The van der Waals surface area contributed by atoms with Crippen LogP contribution in [0.25, 0.3) is 22.4 Å². The van der Waals surface area contributed by atoms with E-state index in [2.05, 4.69) is 4.98 Å². The molecule has 11 nitrogen and oxygen atoms in total. The summed E-state index contributed by atoms with van der Waals surface area (Å²) in [7, 11) is 4.13. The lowest BCUT2D eigenvalue weighted by molar-refractivity contribution is -0.120. The van der Waals surface area contributed by atoms with Gasteiger partial charge in [0.25, 0.3) is 5.56 Å². The molecule has 2 N–H and O–H groups in total. The van der Waals surface area contributed by atoms with Crippen molar-refractivity contribution in [2.24, 2.45) is 32.8 Å². The quantitative estimate of drug-likeness (QED) is 0.357. The first-order valence-electron chi connectivity index (χ1n) is 11.7. The highest BCUT2D eigenvalue weighted by atomic mass is 35.5. The Labute approximate surface area is 229 Å². The largest absolute Gasteiger partial charge is 0.490 e. The normalized spacial score (nSPS) is 14.6. The summed E-state index contributed by atoms with van der Waals surface area (Å²) in [6.45, 7) is 0.546. The Hall–Kier alpha value is -3.35. The Balaban J connectivity index is 1.58. The molecular formula is C24H24Cl2N6O5S. The molecule has 1 aliphatic carbocycles. The van der Waals surface area contributed by atoms with Crippen molar-refractivity contribution in [2.45, 2.75) is 25.3 Å². The summed E-state index contributed by atoms with van der Waals surface area (Å²) in [6.07, 6.45) is 3.45. The molecule has 1 saturated carbocycles. The van der Waals surface area contributed by atoms with Gasteiger partial charge in [-0.05, 0) is 30.9 Å². The van der Waals surface area contributed by atoms with E-state index in [1.54, 1.807) is 17.5 Å². The zero-order valence-corrected chi connectivity index (χ0v) is 23.1. The van der Waals surface area contributed by atoms with Gasteiger partial charge in [0.15, 0.2) is 23.0 Å².